The molecule has 0 radical (unpaired) electrons. The van der Waals surface area contributed by atoms with Crippen molar-refractivity contribution in [2.24, 2.45) is 0 Å². The molecule has 1 atom stereocenters. The second-order valence-corrected chi connectivity index (χ2v) is 4.17. The largest absolute Gasteiger partial charge is 0.491 e. The van der Waals surface area contributed by atoms with Crippen molar-refractivity contribution in [1.29, 1.82) is 0 Å². The Labute approximate surface area is 103 Å². The molecule has 17 heavy (non-hydrogen) atoms. The second-order valence-electron chi connectivity index (χ2n) is 4.17. The maximum absolute atomic E-state index is 5.83. The molecule has 1 heterocycles. The van der Waals surface area contributed by atoms with E-state index in [2.05, 4.69) is 11.4 Å². The van der Waals surface area contributed by atoms with E-state index in [1.165, 1.54) is 0 Å². The Hall–Kier alpha value is -1.00. The summed E-state index contributed by atoms with van der Waals surface area (Å²) in [5.74, 6) is 1.84. The summed E-state index contributed by atoms with van der Waals surface area (Å²) in [5.41, 5.74) is 0. The number of morpholine rings is 1. The van der Waals surface area contributed by atoms with Crippen LogP contribution in [0.25, 0.3) is 0 Å². The van der Waals surface area contributed by atoms with Crippen LogP contribution in [0.2, 0.25) is 0 Å². The normalized spacial score (nSPS) is 24.9. The number of hydrogen-bond donors (Lipinski definition) is 1. The first-order chi connectivity index (χ1) is 8.40. The van der Waals surface area contributed by atoms with Gasteiger partial charge in [-0.2, -0.15) is 0 Å². The van der Waals surface area contributed by atoms with E-state index in [0.29, 0.717) is 13.2 Å². The van der Waals surface area contributed by atoms with Crippen molar-refractivity contribution in [2.45, 2.75) is 25.9 Å². The Bertz CT molecular complexity index is 293. The van der Waals surface area contributed by atoms with Crippen molar-refractivity contribution < 1.29 is 14.2 Å². The van der Waals surface area contributed by atoms with E-state index in [1.807, 2.05) is 13.0 Å². The van der Waals surface area contributed by atoms with E-state index >= 15 is 0 Å². The highest BCUT2D eigenvalue weighted by molar-refractivity contribution is 5.20. The molecule has 1 fully saturated rings. The highest BCUT2D eigenvalue weighted by Crippen LogP contribution is 2.21. The summed E-state index contributed by atoms with van der Waals surface area (Å²) in [7, 11) is 0. The van der Waals surface area contributed by atoms with Gasteiger partial charge in [-0.15, -0.1) is 0 Å². The molecule has 1 unspecified atom stereocenters. The van der Waals surface area contributed by atoms with E-state index in [-0.39, 0.29) is 6.10 Å². The zero-order valence-electron chi connectivity index (χ0n) is 10.4. The van der Waals surface area contributed by atoms with Crippen molar-refractivity contribution >= 4 is 0 Å². The lowest BCUT2D eigenvalue weighted by molar-refractivity contribution is -0.0190. The van der Waals surface area contributed by atoms with Crippen LogP contribution in [0.15, 0.2) is 23.7 Å². The smallest absolute Gasteiger partial charge is 0.156 e. The molecule has 1 saturated heterocycles. The summed E-state index contributed by atoms with van der Waals surface area (Å²) in [6.07, 6.45) is 6.23. The summed E-state index contributed by atoms with van der Waals surface area (Å²) in [6.45, 7) is 5.84. The molecule has 96 valence electrons. The summed E-state index contributed by atoms with van der Waals surface area (Å²) < 4.78 is 17.0. The summed E-state index contributed by atoms with van der Waals surface area (Å²) in [6, 6.07) is 0. The molecule has 0 aromatic carbocycles. The molecular weight excluding hydrogens is 218 g/mol. The molecule has 1 aliphatic carbocycles. The minimum atomic E-state index is 0.157. The Morgan fingerprint density at radius 2 is 2.41 bits per heavy atom. The Kier molecular flexibility index (Phi) is 4.88. The summed E-state index contributed by atoms with van der Waals surface area (Å²) >= 11 is 0. The molecule has 0 bridgehead atoms. The molecule has 2 rings (SSSR count). The number of rotatable bonds is 5. The highest BCUT2D eigenvalue weighted by Gasteiger charge is 2.17. The number of nitrogens with one attached hydrogen (secondary N) is 1. The maximum atomic E-state index is 5.83. The predicted molar refractivity (Wildman–Crippen MR) is 65.6 cm³/mol. The van der Waals surface area contributed by atoms with Gasteiger partial charge < -0.3 is 19.5 Å². The fourth-order valence-electron chi connectivity index (χ4n) is 1.97. The standard InChI is InChI=1S/C13H21NO3/c1-2-15-12-5-3-4-6-13(12)17-10-11-9-14-7-8-16-11/h3,5,11,14H,2,4,6-10H2,1H3. The van der Waals surface area contributed by atoms with Crippen LogP contribution in [0, 0.1) is 0 Å². The van der Waals surface area contributed by atoms with Gasteiger partial charge in [0.2, 0.25) is 0 Å². The van der Waals surface area contributed by atoms with Crippen LogP contribution < -0.4 is 5.32 Å². The lowest BCUT2D eigenvalue weighted by atomic mass is 10.1. The van der Waals surface area contributed by atoms with Gasteiger partial charge in [-0.3, -0.25) is 0 Å². The predicted octanol–water partition coefficient (Wildman–Crippen LogP) is 1.59. The zero-order chi connectivity index (χ0) is 11.9. The first kappa shape index (κ1) is 12.5. The lowest BCUT2D eigenvalue weighted by Gasteiger charge is -2.25. The van der Waals surface area contributed by atoms with Gasteiger partial charge in [-0.1, -0.05) is 6.08 Å². The Balaban J connectivity index is 1.84. The molecule has 0 aromatic rings. The number of allylic oxidation sites excluding steroid dienone is 3. The van der Waals surface area contributed by atoms with Crippen molar-refractivity contribution in [1.82, 2.24) is 5.32 Å². The van der Waals surface area contributed by atoms with Crippen molar-refractivity contribution in [2.75, 3.05) is 32.9 Å². The van der Waals surface area contributed by atoms with E-state index in [4.69, 9.17) is 14.2 Å². The van der Waals surface area contributed by atoms with Crippen LogP contribution in [0.1, 0.15) is 19.8 Å². The van der Waals surface area contributed by atoms with Gasteiger partial charge in [0.1, 0.15) is 18.5 Å². The third-order valence-corrected chi connectivity index (χ3v) is 2.83. The average Bonchev–Trinajstić information content (AvgIpc) is 2.39. The average molecular weight is 239 g/mol. The third kappa shape index (κ3) is 3.75. The van der Waals surface area contributed by atoms with Gasteiger partial charge in [0.05, 0.1) is 13.2 Å². The van der Waals surface area contributed by atoms with Crippen LogP contribution in [0.3, 0.4) is 0 Å². The van der Waals surface area contributed by atoms with Crippen LogP contribution in [-0.2, 0) is 14.2 Å². The highest BCUT2D eigenvalue weighted by atomic mass is 16.5. The van der Waals surface area contributed by atoms with Gasteiger partial charge in [0.25, 0.3) is 0 Å². The third-order valence-electron chi connectivity index (χ3n) is 2.83. The zero-order valence-corrected chi connectivity index (χ0v) is 10.4. The maximum Gasteiger partial charge on any atom is 0.156 e. The van der Waals surface area contributed by atoms with Crippen molar-refractivity contribution in [3.63, 3.8) is 0 Å². The lowest BCUT2D eigenvalue weighted by Crippen LogP contribution is -2.41. The minimum Gasteiger partial charge on any atom is -0.491 e. The molecule has 1 N–H and O–H groups in total. The fourth-order valence-corrected chi connectivity index (χ4v) is 1.97. The van der Waals surface area contributed by atoms with E-state index in [1.54, 1.807) is 0 Å². The monoisotopic (exact) mass is 239 g/mol. The molecule has 0 spiro atoms. The van der Waals surface area contributed by atoms with Crippen LogP contribution in [0.5, 0.6) is 0 Å². The first-order valence-corrected chi connectivity index (χ1v) is 6.37. The van der Waals surface area contributed by atoms with E-state index < -0.39 is 0 Å². The van der Waals surface area contributed by atoms with Gasteiger partial charge >= 0.3 is 0 Å². The summed E-state index contributed by atoms with van der Waals surface area (Å²) in [5, 5.41) is 3.29. The van der Waals surface area contributed by atoms with Gasteiger partial charge in [-0.05, 0) is 19.4 Å². The topological polar surface area (TPSA) is 39.7 Å². The molecule has 4 heteroatoms. The van der Waals surface area contributed by atoms with Crippen LogP contribution in [0.4, 0.5) is 0 Å². The van der Waals surface area contributed by atoms with E-state index in [9.17, 15) is 0 Å². The van der Waals surface area contributed by atoms with Gasteiger partial charge in [0.15, 0.2) is 5.76 Å². The first-order valence-electron chi connectivity index (χ1n) is 6.37. The fraction of sp³-hybridized carbons (Fsp3) is 0.692. The van der Waals surface area contributed by atoms with Gasteiger partial charge in [0, 0.05) is 19.5 Å². The van der Waals surface area contributed by atoms with Gasteiger partial charge in [-0.25, -0.2) is 0 Å². The Morgan fingerprint density at radius 3 is 3.18 bits per heavy atom. The number of hydrogen-bond acceptors (Lipinski definition) is 4. The van der Waals surface area contributed by atoms with Crippen LogP contribution >= 0.6 is 0 Å². The molecule has 4 nitrogen and oxygen atoms in total. The van der Waals surface area contributed by atoms with Crippen molar-refractivity contribution in [3.05, 3.63) is 23.7 Å². The quantitative estimate of drug-likeness (QED) is 0.791. The molecule has 2 aliphatic rings. The second kappa shape index (κ2) is 6.67. The SMILES string of the molecule is CCOC1=C(OCC2CNCCO2)CCC=C1. The van der Waals surface area contributed by atoms with E-state index in [0.717, 1.165) is 44.1 Å². The molecule has 1 aliphatic heterocycles. The molecule has 0 saturated carbocycles. The Morgan fingerprint density at radius 1 is 1.47 bits per heavy atom. The number of ether oxygens (including phenoxy) is 3. The summed E-state index contributed by atoms with van der Waals surface area (Å²) in [4.78, 5) is 0. The minimum absolute atomic E-state index is 0.157. The van der Waals surface area contributed by atoms with Crippen LogP contribution in [-0.4, -0.2) is 39.0 Å². The molecular formula is C13H21NO3. The van der Waals surface area contributed by atoms with Crippen molar-refractivity contribution in [3.8, 4) is 0 Å². The molecule has 0 aromatic heterocycles. The molecule has 0 amide bonds.